The molecule has 0 radical (unpaired) electrons. The van der Waals surface area contributed by atoms with E-state index in [2.05, 4.69) is 12.2 Å². The summed E-state index contributed by atoms with van der Waals surface area (Å²) in [5, 5.41) is 0. The number of carbonyl (C=O) groups is 2. The van der Waals surface area contributed by atoms with Crippen LogP contribution in [-0.4, -0.2) is 11.8 Å². The second-order valence-corrected chi connectivity index (χ2v) is 6.43. The minimum absolute atomic E-state index is 0.0434. The molecule has 3 aliphatic rings. The summed E-state index contributed by atoms with van der Waals surface area (Å²) in [6.07, 6.45) is 4.13. The predicted octanol–water partition coefficient (Wildman–Crippen LogP) is 3.08. The third-order valence-corrected chi connectivity index (χ3v) is 5.08. The smallest absolute Gasteiger partial charge is 0.238 e. The standard InChI is InChI=1S/C18H16FNO2/c1-9(2)14-12-7-8-13(14)16-15(12)17(21)20(18(16)22)11-5-3-10(19)4-6-11/h3-8,12-13,15-16H,1-2H3/t12-,13+,15+,16-. The Hall–Kier alpha value is -2.23. The first-order valence-electron chi connectivity index (χ1n) is 7.49. The SMILES string of the molecule is CC(C)=C1[C@H]2C=C[C@@H]1[C@H]1C(=O)N(c3ccc(F)cc3)C(=O)[C@H]12. The van der Waals surface area contributed by atoms with Crippen molar-refractivity contribution in [2.24, 2.45) is 23.7 Å². The number of rotatable bonds is 1. The molecular weight excluding hydrogens is 281 g/mol. The van der Waals surface area contributed by atoms with E-state index < -0.39 is 0 Å². The van der Waals surface area contributed by atoms with Crippen molar-refractivity contribution in [3.05, 3.63) is 53.4 Å². The second kappa shape index (κ2) is 4.38. The van der Waals surface area contributed by atoms with Crippen molar-refractivity contribution >= 4 is 17.5 Å². The summed E-state index contributed by atoms with van der Waals surface area (Å²) in [6.45, 7) is 4.08. The Morgan fingerprint density at radius 3 is 1.91 bits per heavy atom. The minimum atomic E-state index is -0.378. The molecule has 2 bridgehead atoms. The molecule has 3 nitrogen and oxygen atoms in total. The van der Waals surface area contributed by atoms with E-state index >= 15 is 0 Å². The zero-order valence-electron chi connectivity index (χ0n) is 12.4. The number of allylic oxidation sites excluding steroid dienone is 4. The molecule has 22 heavy (non-hydrogen) atoms. The Bertz CT molecular complexity index is 709. The van der Waals surface area contributed by atoms with Crippen LogP contribution in [0.2, 0.25) is 0 Å². The van der Waals surface area contributed by atoms with Gasteiger partial charge in [0.25, 0.3) is 0 Å². The fourth-order valence-corrected chi connectivity index (χ4v) is 4.27. The largest absolute Gasteiger partial charge is 0.274 e. The van der Waals surface area contributed by atoms with Crippen LogP contribution in [0.3, 0.4) is 0 Å². The van der Waals surface area contributed by atoms with Gasteiger partial charge in [-0.15, -0.1) is 0 Å². The topological polar surface area (TPSA) is 37.4 Å². The number of carbonyl (C=O) groups excluding carboxylic acids is 2. The number of anilines is 1. The lowest BCUT2D eigenvalue weighted by atomic mass is 9.85. The molecule has 0 unspecified atom stereocenters. The summed E-state index contributed by atoms with van der Waals surface area (Å²) in [5.41, 5.74) is 2.89. The number of imide groups is 1. The summed E-state index contributed by atoms with van der Waals surface area (Å²) < 4.78 is 13.1. The van der Waals surface area contributed by atoms with Crippen LogP contribution in [0.15, 0.2) is 47.6 Å². The molecule has 1 aromatic rings. The van der Waals surface area contributed by atoms with Gasteiger partial charge in [-0.1, -0.05) is 23.3 Å². The lowest BCUT2D eigenvalue weighted by Gasteiger charge is -2.19. The van der Waals surface area contributed by atoms with E-state index in [0.717, 1.165) is 0 Å². The van der Waals surface area contributed by atoms with Gasteiger partial charge in [-0.2, -0.15) is 0 Å². The third kappa shape index (κ3) is 1.55. The van der Waals surface area contributed by atoms with Crippen LogP contribution < -0.4 is 4.90 Å². The highest BCUT2D eigenvalue weighted by Gasteiger charge is 2.61. The van der Waals surface area contributed by atoms with Gasteiger partial charge < -0.3 is 0 Å². The highest BCUT2D eigenvalue weighted by atomic mass is 19.1. The van der Waals surface area contributed by atoms with Crippen LogP contribution in [-0.2, 0) is 9.59 Å². The van der Waals surface area contributed by atoms with E-state index in [1.54, 1.807) is 0 Å². The van der Waals surface area contributed by atoms with Crippen molar-refractivity contribution in [2.45, 2.75) is 13.8 Å². The van der Waals surface area contributed by atoms with Gasteiger partial charge in [-0.25, -0.2) is 9.29 Å². The van der Waals surface area contributed by atoms with E-state index in [4.69, 9.17) is 0 Å². The average Bonchev–Trinajstić information content (AvgIpc) is 3.11. The van der Waals surface area contributed by atoms with Gasteiger partial charge in [0.05, 0.1) is 17.5 Å². The van der Waals surface area contributed by atoms with Gasteiger partial charge in [0.2, 0.25) is 11.8 Å². The fraction of sp³-hybridized carbons (Fsp3) is 0.333. The van der Waals surface area contributed by atoms with E-state index in [1.165, 1.54) is 40.3 Å². The van der Waals surface area contributed by atoms with Gasteiger partial charge in [-0.3, -0.25) is 9.59 Å². The van der Waals surface area contributed by atoms with Gasteiger partial charge >= 0.3 is 0 Å². The van der Waals surface area contributed by atoms with Gasteiger partial charge in [0.1, 0.15) is 5.82 Å². The summed E-state index contributed by atoms with van der Waals surface area (Å²) in [4.78, 5) is 26.8. The maximum Gasteiger partial charge on any atom is 0.238 e. The van der Waals surface area contributed by atoms with Crippen LogP contribution in [0.1, 0.15) is 13.8 Å². The highest BCUT2D eigenvalue weighted by molar-refractivity contribution is 6.23. The molecule has 1 heterocycles. The molecule has 2 aliphatic carbocycles. The molecule has 1 aromatic carbocycles. The molecule has 4 rings (SSSR count). The van der Waals surface area contributed by atoms with Crippen LogP contribution in [0.5, 0.6) is 0 Å². The normalized spacial score (nSPS) is 32.1. The summed E-state index contributed by atoms with van der Waals surface area (Å²) >= 11 is 0. The maximum absolute atomic E-state index is 13.1. The van der Waals surface area contributed by atoms with Gasteiger partial charge in [-0.05, 0) is 38.1 Å². The minimum Gasteiger partial charge on any atom is -0.274 e. The number of fused-ring (bicyclic) bond motifs is 5. The molecule has 2 fully saturated rings. The number of hydrogen-bond acceptors (Lipinski definition) is 2. The van der Waals surface area contributed by atoms with Crippen LogP contribution in [0, 0.1) is 29.5 Å². The number of nitrogens with zero attached hydrogens (tertiary/aromatic N) is 1. The predicted molar refractivity (Wildman–Crippen MR) is 80.4 cm³/mol. The fourth-order valence-electron chi connectivity index (χ4n) is 4.27. The summed E-state index contributed by atoms with van der Waals surface area (Å²) in [5.74, 6) is -1.19. The van der Waals surface area contributed by atoms with Crippen LogP contribution in [0.4, 0.5) is 10.1 Å². The van der Waals surface area contributed by atoms with Gasteiger partial charge in [0, 0.05) is 11.8 Å². The number of hydrogen-bond donors (Lipinski definition) is 0. The van der Waals surface area contributed by atoms with Crippen molar-refractivity contribution in [3.63, 3.8) is 0 Å². The van der Waals surface area contributed by atoms with Crippen molar-refractivity contribution in [3.8, 4) is 0 Å². The second-order valence-electron chi connectivity index (χ2n) is 6.43. The Labute approximate surface area is 128 Å². The molecule has 0 aromatic heterocycles. The van der Waals surface area contributed by atoms with E-state index in [0.29, 0.717) is 5.69 Å². The Morgan fingerprint density at radius 2 is 1.45 bits per heavy atom. The Balaban J connectivity index is 1.76. The molecule has 4 heteroatoms. The molecule has 1 aliphatic heterocycles. The zero-order chi connectivity index (χ0) is 15.6. The zero-order valence-corrected chi connectivity index (χ0v) is 12.4. The molecular formula is C18H16FNO2. The van der Waals surface area contributed by atoms with E-state index in [9.17, 15) is 14.0 Å². The molecule has 4 atom stereocenters. The summed E-state index contributed by atoms with van der Waals surface area (Å²) in [7, 11) is 0. The molecule has 112 valence electrons. The van der Waals surface area contributed by atoms with Crippen LogP contribution >= 0.6 is 0 Å². The average molecular weight is 297 g/mol. The van der Waals surface area contributed by atoms with E-state index in [1.807, 2.05) is 13.8 Å². The molecule has 2 amide bonds. The maximum atomic E-state index is 13.1. The molecule has 1 saturated carbocycles. The highest BCUT2D eigenvalue weighted by Crippen LogP contribution is 2.57. The number of benzene rings is 1. The first-order chi connectivity index (χ1) is 10.5. The first-order valence-corrected chi connectivity index (χ1v) is 7.49. The van der Waals surface area contributed by atoms with Gasteiger partial charge in [0.15, 0.2) is 0 Å². The third-order valence-electron chi connectivity index (χ3n) is 5.08. The van der Waals surface area contributed by atoms with Crippen molar-refractivity contribution < 1.29 is 14.0 Å². The lowest BCUT2D eigenvalue weighted by Crippen LogP contribution is -2.33. The number of amides is 2. The van der Waals surface area contributed by atoms with Crippen molar-refractivity contribution in [1.82, 2.24) is 0 Å². The lowest BCUT2D eigenvalue weighted by molar-refractivity contribution is -0.122. The molecule has 0 N–H and O–H groups in total. The molecule has 0 spiro atoms. The van der Waals surface area contributed by atoms with E-state index in [-0.39, 0.29) is 41.3 Å². The first kappa shape index (κ1) is 13.4. The Morgan fingerprint density at radius 1 is 0.955 bits per heavy atom. The summed E-state index contributed by atoms with van der Waals surface area (Å²) in [6, 6.07) is 5.53. The molecule has 1 saturated heterocycles. The quantitative estimate of drug-likeness (QED) is 0.590. The van der Waals surface area contributed by atoms with Crippen molar-refractivity contribution in [1.29, 1.82) is 0 Å². The Kier molecular flexibility index (Phi) is 2.68. The number of halogens is 1. The van der Waals surface area contributed by atoms with Crippen molar-refractivity contribution in [2.75, 3.05) is 4.90 Å². The monoisotopic (exact) mass is 297 g/mol. The van der Waals surface area contributed by atoms with Crippen LogP contribution in [0.25, 0.3) is 0 Å².